The van der Waals surface area contributed by atoms with Crippen molar-refractivity contribution in [2.75, 3.05) is 18.5 Å². The van der Waals surface area contributed by atoms with Gasteiger partial charge in [0.25, 0.3) is 10.1 Å². The summed E-state index contributed by atoms with van der Waals surface area (Å²) in [7, 11) is -4.57. The predicted octanol–water partition coefficient (Wildman–Crippen LogP) is 4.45. The first-order chi connectivity index (χ1) is 18.2. The Balaban J connectivity index is 1.61. The number of hydrogen-bond donors (Lipinski definition) is 3. The van der Waals surface area contributed by atoms with Crippen LogP contribution in [0.4, 0.5) is 18.9 Å². The maximum absolute atomic E-state index is 13.9. The molecule has 1 unspecified atom stereocenters. The molecule has 1 atom stereocenters. The van der Waals surface area contributed by atoms with Gasteiger partial charge < -0.3 is 15.5 Å². The number of fused-ring (bicyclic) bond motifs is 1. The summed E-state index contributed by atoms with van der Waals surface area (Å²) in [6, 6.07) is 14.6. The Kier molecular flexibility index (Phi) is 7.43. The molecular formula is C26H24F3N3O6S. The number of aliphatic hydroxyl groups is 1. The zero-order chi connectivity index (χ0) is 28.6. The van der Waals surface area contributed by atoms with E-state index in [-0.39, 0.29) is 16.1 Å². The van der Waals surface area contributed by atoms with E-state index in [0.717, 1.165) is 5.56 Å². The molecule has 3 N–H and O–H groups in total. The summed E-state index contributed by atoms with van der Waals surface area (Å²) in [6.07, 6.45) is -3.86. The van der Waals surface area contributed by atoms with Crippen molar-refractivity contribution in [3.05, 3.63) is 83.6 Å². The first-order valence-corrected chi connectivity index (χ1v) is 12.9. The lowest BCUT2D eigenvalue weighted by molar-refractivity contribution is -0.262. The molecule has 39 heavy (non-hydrogen) atoms. The maximum Gasteiger partial charge on any atom is 0.421 e. The second kappa shape index (κ2) is 10.3. The maximum atomic E-state index is 13.9. The van der Waals surface area contributed by atoms with Crippen LogP contribution in [0.3, 0.4) is 0 Å². The van der Waals surface area contributed by atoms with Gasteiger partial charge in [0.15, 0.2) is 0 Å². The number of aryl methyl sites for hydroxylation is 2. The quantitative estimate of drug-likeness (QED) is 0.255. The van der Waals surface area contributed by atoms with Crippen LogP contribution in [0.15, 0.2) is 71.8 Å². The van der Waals surface area contributed by atoms with Crippen LogP contribution in [0.25, 0.3) is 16.6 Å². The Morgan fingerprint density at radius 3 is 2.38 bits per heavy atom. The summed E-state index contributed by atoms with van der Waals surface area (Å²) in [5, 5.41) is 27.0. The third-order valence-electron chi connectivity index (χ3n) is 6.03. The molecule has 0 saturated carbocycles. The van der Waals surface area contributed by atoms with Crippen molar-refractivity contribution in [2.24, 2.45) is 0 Å². The number of halogens is 3. The molecule has 4 rings (SSSR count). The van der Waals surface area contributed by atoms with Gasteiger partial charge in [0.2, 0.25) is 5.60 Å². The van der Waals surface area contributed by atoms with Crippen molar-refractivity contribution in [2.45, 2.75) is 30.5 Å². The molecule has 0 aliphatic carbocycles. The number of hydrogen-bond acceptors (Lipinski definition) is 7. The number of aromatic nitrogens is 2. The molecule has 1 heterocycles. The minimum absolute atomic E-state index is 0.0259. The van der Waals surface area contributed by atoms with Gasteiger partial charge in [0.05, 0.1) is 34.4 Å². The highest BCUT2D eigenvalue weighted by molar-refractivity contribution is 7.86. The van der Waals surface area contributed by atoms with E-state index in [0.29, 0.717) is 22.2 Å². The Morgan fingerprint density at radius 2 is 1.74 bits per heavy atom. The fourth-order valence-electron chi connectivity index (χ4n) is 3.81. The average molecular weight is 564 g/mol. The van der Waals surface area contributed by atoms with Gasteiger partial charge in [-0.3, -0.25) is 4.18 Å². The van der Waals surface area contributed by atoms with Crippen molar-refractivity contribution in [3.8, 4) is 5.69 Å². The Bertz CT molecular complexity index is 1640. The molecule has 3 aromatic carbocycles. The summed E-state index contributed by atoms with van der Waals surface area (Å²) in [6.45, 7) is 0.710. The molecule has 206 valence electrons. The van der Waals surface area contributed by atoms with E-state index in [9.17, 15) is 36.6 Å². The van der Waals surface area contributed by atoms with Crippen LogP contribution in [0, 0.1) is 13.8 Å². The Labute approximate surface area is 221 Å². The first-order valence-electron chi connectivity index (χ1n) is 11.5. The van der Waals surface area contributed by atoms with Crippen LogP contribution in [0.1, 0.15) is 21.5 Å². The van der Waals surface area contributed by atoms with Gasteiger partial charge in [-0.05, 0) is 61.9 Å². The fraction of sp³-hybridized carbons (Fsp3) is 0.231. The standard InChI is InChI=1S/C26H24F3N3O6S/c1-16-6-8-20(9-7-16)39(36,37)38-15-25(35,26(27,28)29)14-30-22-10-17(2)11-23-21(22)13-31-32(23)19-5-3-4-18(12-19)24(33)34/h3-13,30,35H,14-15H2,1-2H3,(H,33,34). The number of carboxylic acids is 1. The molecule has 4 aromatic rings. The van der Waals surface area contributed by atoms with Gasteiger partial charge in [-0.15, -0.1) is 0 Å². The van der Waals surface area contributed by atoms with Crippen LogP contribution in [-0.4, -0.2) is 59.3 Å². The van der Waals surface area contributed by atoms with E-state index >= 15 is 0 Å². The average Bonchev–Trinajstić information content (AvgIpc) is 3.29. The van der Waals surface area contributed by atoms with Crippen molar-refractivity contribution in [3.63, 3.8) is 0 Å². The lowest BCUT2D eigenvalue weighted by Gasteiger charge is -2.30. The minimum Gasteiger partial charge on any atom is -0.478 e. The number of benzene rings is 3. The highest BCUT2D eigenvalue weighted by Crippen LogP contribution is 2.34. The molecule has 0 radical (unpaired) electrons. The van der Waals surface area contributed by atoms with Crippen LogP contribution in [0.2, 0.25) is 0 Å². The molecule has 0 amide bonds. The van der Waals surface area contributed by atoms with Crippen LogP contribution in [-0.2, 0) is 14.3 Å². The SMILES string of the molecule is Cc1ccc(S(=O)(=O)OCC(O)(CNc2cc(C)cc3c2cnn3-c2cccc(C(=O)O)c2)C(F)(F)F)cc1. The fourth-order valence-corrected chi connectivity index (χ4v) is 4.77. The number of anilines is 1. The molecule has 0 aliphatic heterocycles. The molecule has 0 aliphatic rings. The zero-order valence-corrected chi connectivity index (χ0v) is 21.5. The van der Waals surface area contributed by atoms with Crippen LogP contribution in [0.5, 0.6) is 0 Å². The largest absolute Gasteiger partial charge is 0.478 e. The van der Waals surface area contributed by atoms with Gasteiger partial charge >= 0.3 is 12.1 Å². The van der Waals surface area contributed by atoms with Gasteiger partial charge in [0.1, 0.15) is 6.61 Å². The predicted molar refractivity (Wildman–Crippen MR) is 137 cm³/mol. The summed E-state index contributed by atoms with van der Waals surface area (Å²) in [5.74, 6) is -1.13. The third-order valence-corrected chi connectivity index (χ3v) is 7.31. The number of nitrogens with zero attached hydrogens (tertiary/aromatic N) is 2. The second-order valence-electron chi connectivity index (χ2n) is 9.07. The lowest BCUT2D eigenvalue weighted by Crippen LogP contribution is -2.54. The minimum atomic E-state index is -5.24. The number of carboxylic acid groups (broad SMARTS) is 1. The zero-order valence-electron chi connectivity index (χ0n) is 20.7. The van der Waals surface area contributed by atoms with Crippen LogP contribution >= 0.6 is 0 Å². The smallest absolute Gasteiger partial charge is 0.421 e. The number of aromatic carboxylic acids is 1. The van der Waals surface area contributed by atoms with Crippen molar-refractivity contribution in [1.82, 2.24) is 9.78 Å². The number of carbonyl (C=O) groups is 1. The van der Waals surface area contributed by atoms with Gasteiger partial charge in [0, 0.05) is 11.1 Å². The van der Waals surface area contributed by atoms with Gasteiger partial charge in [-0.1, -0.05) is 23.8 Å². The molecule has 9 nitrogen and oxygen atoms in total. The Morgan fingerprint density at radius 1 is 1.05 bits per heavy atom. The topological polar surface area (TPSA) is 131 Å². The van der Waals surface area contributed by atoms with Gasteiger partial charge in [-0.2, -0.15) is 26.7 Å². The first kappa shape index (κ1) is 28.1. The highest BCUT2D eigenvalue weighted by Gasteiger charge is 2.55. The molecule has 0 spiro atoms. The van der Waals surface area contributed by atoms with Crippen molar-refractivity contribution in [1.29, 1.82) is 0 Å². The number of rotatable bonds is 9. The van der Waals surface area contributed by atoms with Crippen molar-refractivity contribution >= 4 is 32.7 Å². The summed E-state index contributed by atoms with van der Waals surface area (Å²) in [5.41, 5.74) is -1.08. The van der Waals surface area contributed by atoms with E-state index < -0.39 is 41.0 Å². The molecule has 13 heteroatoms. The summed E-state index contributed by atoms with van der Waals surface area (Å²) < 4.78 is 72.8. The Hall–Kier alpha value is -3.94. The van der Waals surface area contributed by atoms with Crippen molar-refractivity contribution < 1.29 is 40.8 Å². The van der Waals surface area contributed by atoms with E-state index in [1.807, 2.05) is 0 Å². The van der Waals surface area contributed by atoms with E-state index in [2.05, 4.69) is 14.6 Å². The lowest BCUT2D eigenvalue weighted by atomic mass is 10.0. The third kappa shape index (κ3) is 5.90. The molecule has 1 aromatic heterocycles. The summed E-state index contributed by atoms with van der Waals surface area (Å²) in [4.78, 5) is 11.0. The molecule has 0 fully saturated rings. The van der Waals surface area contributed by atoms with Gasteiger partial charge in [-0.25, -0.2) is 9.48 Å². The highest BCUT2D eigenvalue weighted by atomic mass is 32.2. The molecule has 0 saturated heterocycles. The normalized spacial score (nSPS) is 13.8. The second-order valence-corrected chi connectivity index (χ2v) is 10.7. The van der Waals surface area contributed by atoms with E-state index in [1.165, 1.54) is 53.3 Å². The number of nitrogens with one attached hydrogen (secondary N) is 1. The number of alkyl halides is 3. The van der Waals surface area contributed by atoms with Crippen LogP contribution < -0.4 is 5.32 Å². The van der Waals surface area contributed by atoms with E-state index in [1.54, 1.807) is 32.0 Å². The monoisotopic (exact) mass is 563 g/mol. The van der Waals surface area contributed by atoms with E-state index in [4.69, 9.17) is 0 Å². The summed E-state index contributed by atoms with van der Waals surface area (Å²) >= 11 is 0. The molecule has 0 bridgehead atoms. The molecular weight excluding hydrogens is 539 g/mol.